The van der Waals surface area contributed by atoms with Crippen LogP contribution in [0.4, 0.5) is 0 Å². The van der Waals surface area contributed by atoms with Crippen LogP contribution < -0.4 is 4.72 Å². The number of sulfonamides is 1. The van der Waals surface area contributed by atoms with Crippen molar-refractivity contribution in [3.63, 3.8) is 0 Å². The van der Waals surface area contributed by atoms with Crippen molar-refractivity contribution in [2.24, 2.45) is 17.8 Å². The predicted molar refractivity (Wildman–Crippen MR) is 72.5 cm³/mol. The second-order valence-electron chi connectivity index (χ2n) is 5.69. The second kappa shape index (κ2) is 4.82. The van der Waals surface area contributed by atoms with Crippen LogP contribution in [0.15, 0.2) is 24.3 Å². The zero-order chi connectivity index (χ0) is 12.6. The zero-order valence-electron chi connectivity index (χ0n) is 10.6. The Morgan fingerprint density at radius 2 is 1.67 bits per heavy atom. The van der Waals surface area contributed by atoms with Gasteiger partial charge in [0.15, 0.2) is 0 Å². The Kier molecular flexibility index (Phi) is 3.32. The molecule has 0 spiro atoms. The van der Waals surface area contributed by atoms with Gasteiger partial charge in [0.05, 0.1) is 5.25 Å². The smallest absolute Gasteiger partial charge is 0.215 e. The predicted octanol–water partition coefficient (Wildman–Crippen LogP) is 2.23. The van der Waals surface area contributed by atoms with Crippen LogP contribution in [0.3, 0.4) is 0 Å². The lowest BCUT2D eigenvalue weighted by Gasteiger charge is -2.40. The van der Waals surface area contributed by atoms with Crippen LogP contribution in [0.2, 0.25) is 0 Å². The summed E-state index contributed by atoms with van der Waals surface area (Å²) in [6, 6.07) is 0. The molecule has 3 rings (SSSR count). The van der Waals surface area contributed by atoms with Gasteiger partial charge in [-0.1, -0.05) is 24.3 Å². The largest absolute Gasteiger partial charge is 0.215 e. The number of fused-ring (bicyclic) bond motifs is 3. The summed E-state index contributed by atoms with van der Waals surface area (Å²) in [5, 5.41) is -0.224. The Hall–Kier alpha value is -0.610. The van der Waals surface area contributed by atoms with Crippen LogP contribution >= 0.6 is 0 Å². The molecule has 3 nitrogen and oxygen atoms in total. The average Bonchev–Trinajstić information content (AvgIpc) is 2.38. The van der Waals surface area contributed by atoms with Gasteiger partial charge >= 0.3 is 0 Å². The van der Waals surface area contributed by atoms with E-state index in [2.05, 4.69) is 29.0 Å². The van der Waals surface area contributed by atoms with Crippen molar-refractivity contribution in [3.8, 4) is 0 Å². The van der Waals surface area contributed by atoms with E-state index in [1.54, 1.807) is 0 Å². The maximum absolute atomic E-state index is 12.3. The molecular formula is C14H21NO2S. The third kappa shape index (κ3) is 2.16. The number of hydrogen-bond acceptors (Lipinski definition) is 2. The van der Waals surface area contributed by atoms with Crippen molar-refractivity contribution in [2.75, 3.05) is 6.54 Å². The first kappa shape index (κ1) is 12.4. The molecule has 1 aliphatic heterocycles. The van der Waals surface area contributed by atoms with E-state index in [0.717, 1.165) is 25.7 Å². The molecular weight excluding hydrogens is 246 g/mol. The van der Waals surface area contributed by atoms with Gasteiger partial charge in [-0.2, -0.15) is 0 Å². The van der Waals surface area contributed by atoms with Gasteiger partial charge < -0.3 is 0 Å². The van der Waals surface area contributed by atoms with E-state index >= 15 is 0 Å². The van der Waals surface area contributed by atoms with Crippen molar-refractivity contribution >= 4 is 10.0 Å². The molecule has 0 bridgehead atoms. The Labute approximate surface area is 109 Å². The van der Waals surface area contributed by atoms with Crippen LogP contribution in [-0.4, -0.2) is 20.2 Å². The Morgan fingerprint density at radius 1 is 0.944 bits per heavy atom. The Bertz CT molecular complexity index is 466. The topological polar surface area (TPSA) is 46.2 Å². The van der Waals surface area contributed by atoms with Gasteiger partial charge in [-0.3, -0.25) is 0 Å². The van der Waals surface area contributed by atoms with E-state index in [0.29, 0.717) is 18.4 Å². The van der Waals surface area contributed by atoms with E-state index in [4.69, 9.17) is 0 Å². The lowest BCUT2D eigenvalue weighted by atomic mass is 9.71. The van der Waals surface area contributed by atoms with Gasteiger partial charge in [0.2, 0.25) is 10.0 Å². The van der Waals surface area contributed by atoms with E-state index in [1.807, 2.05) is 0 Å². The summed E-state index contributed by atoms with van der Waals surface area (Å²) in [6.45, 7) is 0.615. The summed E-state index contributed by atoms with van der Waals surface area (Å²) in [6.07, 6.45) is 13.8. The maximum Gasteiger partial charge on any atom is 0.215 e. The molecule has 1 heterocycles. The molecule has 4 atom stereocenters. The van der Waals surface area contributed by atoms with Gasteiger partial charge in [-0.05, 0) is 43.9 Å². The first-order valence-corrected chi connectivity index (χ1v) is 8.55. The van der Waals surface area contributed by atoms with Crippen LogP contribution in [0.1, 0.15) is 32.1 Å². The quantitative estimate of drug-likeness (QED) is 0.684. The minimum Gasteiger partial charge on any atom is -0.215 e. The summed E-state index contributed by atoms with van der Waals surface area (Å²) < 4.78 is 27.4. The van der Waals surface area contributed by atoms with Crippen molar-refractivity contribution in [3.05, 3.63) is 24.3 Å². The summed E-state index contributed by atoms with van der Waals surface area (Å²) in [4.78, 5) is 0. The summed E-state index contributed by atoms with van der Waals surface area (Å²) in [5.74, 6) is 1.25. The van der Waals surface area contributed by atoms with E-state index in [-0.39, 0.29) is 11.2 Å². The summed E-state index contributed by atoms with van der Waals surface area (Å²) >= 11 is 0. The fourth-order valence-corrected chi connectivity index (χ4v) is 5.50. The minimum absolute atomic E-state index is 0.179. The molecule has 4 unspecified atom stereocenters. The normalized spacial score (nSPS) is 42.4. The Balaban J connectivity index is 1.99. The highest BCUT2D eigenvalue weighted by molar-refractivity contribution is 7.90. The van der Waals surface area contributed by atoms with Crippen LogP contribution in [-0.2, 0) is 10.0 Å². The minimum atomic E-state index is -3.13. The Morgan fingerprint density at radius 3 is 2.50 bits per heavy atom. The van der Waals surface area contributed by atoms with Gasteiger partial charge in [0.25, 0.3) is 0 Å². The molecule has 0 amide bonds. The summed E-state index contributed by atoms with van der Waals surface area (Å²) in [5.41, 5.74) is 0. The van der Waals surface area contributed by atoms with E-state index < -0.39 is 10.0 Å². The molecule has 0 aromatic rings. The van der Waals surface area contributed by atoms with Crippen LogP contribution in [0, 0.1) is 17.8 Å². The molecule has 100 valence electrons. The van der Waals surface area contributed by atoms with Gasteiger partial charge in [0.1, 0.15) is 0 Å². The van der Waals surface area contributed by atoms with Crippen molar-refractivity contribution < 1.29 is 8.42 Å². The molecule has 2 aliphatic carbocycles. The highest BCUT2D eigenvalue weighted by atomic mass is 32.2. The molecule has 0 aromatic carbocycles. The SMILES string of the molecule is O=S1(=O)NCCC2CCC=CC2C2C=CCCC21. The van der Waals surface area contributed by atoms with Gasteiger partial charge in [-0.25, -0.2) is 13.1 Å². The lowest BCUT2D eigenvalue weighted by molar-refractivity contribution is 0.253. The van der Waals surface area contributed by atoms with Crippen molar-refractivity contribution in [2.45, 2.75) is 37.4 Å². The van der Waals surface area contributed by atoms with Gasteiger partial charge in [-0.15, -0.1) is 0 Å². The first-order chi connectivity index (χ1) is 8.68. The first-order valence-electron chi connectivity index (χ1n) is 7.00. The summed E-state index contributed by atoms with van der Waals surface area (Å²) in [7, 11) is -3.13. The molecule has 1 N–H and O–H groups in total. The molecule has 0 aromatic heterocycles. The molecule has 3 aliphatic rings. The molecule has 0 saturated carbocycles. The highest BCUT2D eigenvalue weighted by Crippen LogP contribution is 2.40. The molecule has 4 heteroatoms. The fourth-order valence-electron chi connectivity index (χ4n) is 3.75. The lowest BCUT2D eigenvalue weighted by Crippen LogP contribution is -2.46. The van der Waals surface area contributed by atoms with E-state index in [1.165, 1.54) is 6.42 Å². The number of rotatable bonds is 0. The van der Waals surface area contributed by atoms with Crippen molar-refractivity contribution in [1.82, 2.24) is 4.72 Å². The maximum atomic E-state index is 12.3. The molecule has 0 radical (unpaired) electrons. The number of hydrogen-bond donors (Lipinski definition) is 1. The number of nitrogens with one attached hydrogen (secondary N) is 1. The third-order valence-electron chi connectivity index (χ3n) is 4.67. The molecule has 1 saturated heterocycles. The van der Waals surface area contributed by atoms with Gasteiger partial charge in [0, 0.05) is 12.5 Å². The second-order valence-corrected chi connectivity index (χ2v) is 7.68. The fraction of sp³-hybridized carbons (Fsp3) is 0.714. The average molecular weight is 267 g/mol. The van der Waals surface area contributed by atoms with Crippen LogP contribution in [0.5, 0.6) is 0 Å². The van der Waals surface area contributed by atoms with E-state index in [9.17, 15) is 8.42 Å². The molecule has 18 heavy (non-hydrogen) atoms. The third-order valence-corrected chi connectivity index (χ3v) is 6.63. The van der Waals surface area contributed by atoms with Crippen molar-refractivity contribution in [1.29, 1.82) is 0 Å². The zero-order valence-corrected chi connectivity index (χ0v) is 11.4. The molecule has 1 fully saturated rings. The number of allylic oxidation sites excluding steroid dienone is 4. The van der Waals surface area contributed by atoms with Crippen LogP contribution in [0.25, 0.3) is 0 Å². The standard InChI is InChI=1S/C14H21NO2S/c16-18(17)14-8-4-3-7-13(14)12-6-2-1-5-11(12)9-10-15-18/h2-3,6-7,11-15H,1,4-5,8-10H2. The highest BCUT2D eigenvalue weighted by Gasteiger charge is 2.41. The monoisotopic (exact) mass is 267 g/mol.